The van der Waals surface area contributed by atoms with Gasteiger partial charge in [0.25, 0.3) is 0 Å². The number of carbonyl (C=O) groups excluding carboxylic acids is 1. The van der Waals surface area contributed by atoms with Crippen molar-refractivity contribution in [3.63, 3.8) is 0 Å². The van der Waals surface area contributed by atoms with Crippen LogP contribution in [0.5, 0.6) is 0 Å². The van der Waals surface area contributed by atoms with E-state index < -0.39 is 0 Å². The third kappa shape index (κ3) is 1.11. The normalized spacial score (nSPS) is 38.0. The first-order chi connectivity index (χ1) is 6.16. The van der Waals surface area contributed by atoms with Gasteiger partial charge in [-0.25, -0.2) is 0 Å². The van der Waals surface area contributed by atoms with Gasteiger partial charge in [-0.3, -0.25) is 4.79 Å². The first-order valence-corrected chi connectivity index (χ1v) is 4.80. The standard InChI is InChI=1S/C11H13NO/c1-11-5-4-10(13)6-8(11)2-3-9(11)7-12/h6,9H,2-5H2,1H3/t9-,11+/m0/s1. The van der Waals surface area contributed by atoms with Gasteiger partial charge in [-0.1, -0.05) is 12.5 Å². The van der Waals surface area contributed by atoms with E-state index in [2.05, 4.69) is 13.0 Å². The lowest BCUT2D eigenvalue weighted by Gasteiger charge is -2.31. The number of allylic oxidation sites excluding steroid dienone is 2. The molecule has 13 heavy (non-hydrogen) atoms. The predicted molar refractivity (Wildman–Crippen MR) is 48.8 cm³/mol. The molecule has 0 unspecified atom stereocenters. The van der Waals surface area contributed by atoms with Crippen LogP contribution >= 0.6 is 0 Å². The molecule has 1 fully saturated rings. The smallest absolute Gasteiger partial charge is 0.155 e. The minimum atomic E-state index is 0.0165. The molecule has 0 bridgehead atoms. The minimum absolute atomic E-state index is 0.0165. The molecule has 0 N–H and O–H groups in total. The fraction of sp³-hybridized carbons (Fsp3) is 0.636. The van der Waals surface area contributed by atoms with E-state index in [-0.39, 0.29) is 17.1 Å². The molecule has 2 rings (SSSR count). The highest BCUT2D eigenvalue weighted by Crippen LogP contribution is 2.51. The van der Waals surface area contributed by atoms with Gasteiger partial charge >= 0.3 is 0 Å². The van der Waals surface area contributed by atoms with Crippen LogP contribution in [0.3, 0.4) is 0 Å². The average Bonchev–Trinajstić information content (AvgIpc) is 2.42. The summed E-state index contributed by atoms with van der Waals surface area (Å²) in [6.45, 7) is 2.13. The summed E-state index contributed by atoms with van der Waals surface area (Å²) < 4.78 is 0. The van der Waals surface area contributed by atoms with Gasteiger partial charge in [-0.2, -0.15) is 5.26 Å². The molecule has 0 saturated heterocycles. The minimum Gasteiger partial charge on any atom is -0.295 e. The molecule has 1 saturated carbocycles. The first kappa shape index (κ1) is 8.50. The van der Waals surface area contributed by atoms with E-state index in [9.17, 15) is 4.79 Å². The number of carbonyl (C=O) groups is 1. The van der Waals surface area contributed by atoms with Gasteiger partial charge in [0.2, 0.25) is 0 Å². The van der Waals surface area contributed by atoms with Crippen LogP contribution in [0.25, 0.3) is 0 Å². The molecule has 0 heterocycles. The van der Waals surface area contributed by atoms with Crippen molar-refractivity contribution in [2.75, 3.05) is 0 Å². The molecule has 2 nitrogen and oxygen atoms in total. The summed E-state index contributed by atoms with van der Waals surface area (Å²) >= 11 is 0. The van der Waals surface area contributed by atoms with Gasteiger partial charge in [-0.05, 0) is 25.3 Å². The molecule has 68 valence electrons. The van der Waals surface area contributed by atoms with Crippen molar-refractivity contribution in [2.24, 2.45) is 11.3 Å². The maximum absolute atomic E-state index is 11.2. The van der Waals surface area contributed by atoms with Crippen LogP contribution in [0.2, 0.25) is 0 Å². The second-order valence-corrected chi connectivity index (χ2v) is 4.27. The van der Waals surface area contributed by atoms with Crippen LogP contribution in [0.4, 0.5) is 0 Å². The zero-order chi connectivity index (χ0) is 9.47. The van der Waals surface area contributed by atoms with Crippen LogP contribution in [0.15, 0.2) is 11.6 Å². The van der Waals surface area contributed by atoms with Crippen LogP contribution < -0.4 is 0 Å². The zero-order valence-corrected chi connectivity index (χ0v) is 7.84. The topological polar surface area (TPSA) is 40.9 Å². The second-order valence-electron chi connectivity index (χ2n) is 4.27. The summed E-state index contributed by atoms with van der Waals surface area (Å²) in [6.07, 6.45) is 5.15. The largest absolute Gasteiger partial charge is 0.295 e. The van der Waals surface area contributed by atoms with Gasteiger partial charge in [0, 0.05) is 11.8 Å². The molecule has 0 aromatic heterocycles. The monoisotopic (exact) mass is 175 g/mol. The van der Waals surface area contributed by atoms with E-state index in [1.54, 1.807) is 6.08 Å². The molecule has 0 aromatic rings. The maximum atomic E-state index is 11.2. The third-order valence-electron chi connectivity index (χ3n) is 3.59. The molecule has 0 radical (unpaired) electrons. The SMILES string of the molecule is C[C@@]12CCC(=O)C=C1CC[C@H]2C#N. The summed E-state index contributed by atoms with van der Waals surface area (Å²) in [5, 5.41) is 8.97. The van der Waals surface area contributed by atoms with Gasteiger partial charge in [0.15, 0.2) is 5.78 Å². The van der Waals surface area contributed by atoms with E-state index in [1.165, 1.54) is 5.57 Å². The number of hydrogen-bond acceptors (Lipinski definition) is 2. The summed E-state index contributed by atoms with van der Waals surface area (Å²) in [5.41, 5.74) is 1.23. The molecule has 2 atom stereocenters. The molecule has 2 heteroatoms. The number of nitrogens with zero attached hydrogens (tertiary/aromatic N) is 1. The van der Waals surface area contributed by atoms with Gasteiger partial charge < -0.3 is 0 Å². The quantitative estimate of drug-likeness (QED) is 0.566. The van der Waals surface area contributed by atoms with Crippen LogP contribution in [0.1, 0.15) is 32.6 Å². The lowest BCUT2D eigenvalue weighted by atomic mass is 9.71. The number of hydrogen-bond donors (Lipinski definition) is 0. The maximum Gasteiger partial charge on any atom is 0.155 e. The Morgan fingerprint density at radius 2 is 2.38 bits per heavy atom. The molecule has 2 aliphatic carbocycles. The van der Waals surface area contributed by atoms with Crippen molar-refractivity contribution in [3.8, 4) is 6.07 Å². The van der Waals surface area contributed by atoms with Crippen molar-refractivity contribution in [3.05, 3.63) is 11.6 Å². The Kier molecular flexibility index (Phi) is 1.76. The number of fused-ring (bicyclic) bond motifs is 1. The highest BCUT2D eigenvalue weighted by Gasteiger charge is 2.44. The Bertz CT molecular complexity index is 323. The molecule has 0 aliphatic heterocycles. The fourth-order valence-corrected chi connectivity index (χ4v) is 2.56. The Labute approximate surface area is 78.2 Å². The third-order valence-corrected chi connectivity index (χ3v) is 3.59. The van der Waals surface area contributed by atoms with E-state index in [4.69, 9.17) is 5.26 Å². The van der Waals surface area contributed by atoms with Gasteiger partial charge in [-0.15, -0.1) is 0 Å². The van der Waals surface area contributed by atoms with Crippen molar-refractivity contribution >= 4 is 5.78 Å². The predicted octanol–water partition coefficient (Wildman–Crippen LogP) is 2.22. The van der Waals surface area contributed by atoms with Gasteiger partial charge in [0.1, 0.15) is 0 Å². The molecule has 2 aliphatic rings. The van der Waals surface area contributed by atoms with Crippen LogP contribution in [-0.2, 0) is 4.79 Å². The number of ketones is 1. The summed E-state index contributed by atoms with van der Waals surface area (Å²) in [6, 6.07) is 2.37. The van der Waals surface area contributed by atoms with E-state index >= 15 is 0 Å². The highest BCUT2D eigenvalue weighted by molar-refractivity contribution is 5.91. The number of rotatable bonds is 0. The lowest BCUT2D eigenvalue weighted by Crippen LogP contribution is -2.27. The number of nitriles is 1. The van der Waals surface area contributed by atoms with Crippen molar-refractivity contribution in [1.29, 1.82) is 5.26 Å². The van der Waals surface area contributed by atoms with E-state index in [0.717, 1.165) is 19.3 Å². The lowest BCUT2D eigenvalue weighted by molar-refractivity contribution is -0.115. The zero-order valence-electron chi connectivity index (χ0n) is 7.84. The van der Waals surface area contributed by atoms with Crippen LogP contribution in [-0.4, -0.2) is 5.78 Å². The van der Waals surface area contributed by atoms with E-state index in [1.807, 2.05) is 0 Å². The van der Waals surface area contributed by atoms with Crippen molar-refractivity contribution in [2.45, 2.75) is 32.6 Å². The second kappa shape index (κ2) is 2.70. The summed E-state index contributed by atoms with van der Waals surface area (Å²) in [7, 11) is 0. The average molecular weight is 175 g/mol. The van der Waals surface area contributed by atoms with Crippen molar-refractivity contribution < 1.29 is 4.79 Å². The highest BCUT2D eigenvalue weighted by atomic mass is 16.1. The Hall–Kier alpha value is -1.10. The molecule has 0 amide bonds. The van der Waals surface area contributed by atoms with Crippen molar-refractivity contribution in [1.82, 2.24) is 0 Å². The Morgan fingerprint density at radius 1 is 1.62 bits per heavy atom. The Balaban J connectivity index is 2.39. The fourth-order valence-electron chi connectivity index (χ4n) is 2.56. The molecular formula is C11H13NO. The Morgan fingerprint density at radius 3 is 3.08 bits per heavy atom. The molecule has 0 spiro atoms. The van der Waals surface area contributed by atoms with Crippen LogP contribution in [0, 0.1) is 22.7 Å². The first-order valence-electron chi connectivity index (χ1n) is 4.80. The van der Waals surface area contributed by atoms with E-state index in [0.29, 0.717) is 6.42 Å². The summed E-state index contributed by atoms with van der Waals surface area (Å²) in [4.78, 5) is 11.2. The molecule has 0 aromatic carbocycles. The molecular weight excluding hydrogens is 162 g/mol. The van der Waals surface area contributed by atoms with Gasteiger partial charge in [0.05, 0.1) is 12.0 Å². The summed E-state index contributed by atoms with van der Waals surface area (Å²) in [5.74, 6) is 0.373.